The summed E-state index contributed by atoms with van der Waals surface area (Å²) in [5.74, 6) is 0.264. The van der Waals surface area contributed by atoms with E-state index in [-0.39, 0.29) is 5.78 Å². The number of nitrogens with zero attached hydrogens (tertiary/aromatic N) is 1. The summed E-state index contributed by atoms with van der Waals surface area (Å²) >= 11 is 3.49. The van der Waals surface area contributed by atoms with Gasteiger partial charge in [0.05, 0.1) is 11.4 Å². The Bertz CT molecular complexity index is 614. The van der Waals surface area contributed by atoms with Gasteiger partial charge in [0.15, 0.2) is 5.78 Å². The first-order valence-electron chi connectivity index (χ1n) is 7.11. The molecule has 0 radical (unpaired) electrons. The van der Waals surface area contributed by atoms with Crippen LogP contribution in [0.2, 0.25) is 0 Å². The lowest BCUT2D eigenvalue weighted by atomic mass is 10.0. The molecule has 106 valence electrons. The van der Waals surface area contributed by atoms with Crippen LogP contribution in [0, 0.1) is 0 Å². The Balaban J connectivity index is 1.71. The molecule has 1 aliphatic rings. The molecule has 4 heteroatoms. The van der Waals surface area contributed by atoms with E-state index in [2.05, 4.69) is 36.3 Å². The van der Waals surface area contributed by atoms with Crippen LogP contribution in [0.15, 0.2) is 23.6 Å². The zero-order valence-electron chi connectivity index (χ0n) is 11.9. The predicted octanol–water partition coefficient (Wildman–Crippen LogP) is 4.17. The Morgan fingerprint density at radius 3 is 3.00 bits per heavy atom. The van der Waals surface area contributed by atoms with E-state index in [1.807, 2.05) is 17.4 Å². The minimum atomic E-state index is 0.264. The second kappa shape index (κ2) is 5.80. The Morgan fingerprint density at radius 2 is 2.25 bits per heavy atom. The van der Waals surface area contributed by atoms with Crippen molar-refractivity contribution in [2.75, 3.05) is 13.1 Å². The Kier molecular flexibility index (Phi) is 4.06. The van der Waals surface area contributed by atoms with Crippen LogP contribution in [0.3, 0.4) is 0 Å². The molecule has 0 saturated heterocycles. The Labute approximate surface area is 128 Å². The van der Waals surface area contributed by atoms with Crippen LogP contribution in [0.25, 0.3) is 0 Å². The van der Waals surface area contributed by atoms with E-state index in [0.29, 0.717) is 12.6 Å². The van der Waals surface area contributed by atoms with Crippen molar-refractivity contribution in [1.29, 1.82) is 0 Å². The van der Waals surface area contributed by atoms with Crippen molar-refractivity contribution in [3.05, 3.63) is 43.8 Å². The van der Waals surface area contributed by atoms with E-state index in [1.54, 1.807) is 11.3 Å². The molecular formula is C16H19NOS2. The summed E-state index contributed by atoms with van der Waals surface area (Å²) in [5, 5.41) is 2.17. The summed E-state index contributed by atoms with van der Waals surface area (Å²) in [7, 11) is 0. The second-order valence-electron chi connectivity index (χ2n) is 5.24. The average Bonchev–Trinajstić information content (AvgIpc) is 3.10. The summed E-state index contributed by atoms with van der Waals surface area (Å²) in [6, 6.07) is 6.63. The molecule has 0 bridgehead atoms. The number of Topliss-reactive ketones (excluding diaryl/α,β-unsaturated/α-hetero) is 1. The maximum absolute atomic E-state index is 12.4. The smallest absolute Gasteiger partial charge is 0.186 e. The molecule has 2 aromatic heterocycles. The van der Waals surface area contributed by atoms with Gasteiger partial charge >= 0.3 is 0 Å². The van der Waals surface area contributed by atoms with Crippen LogP contribution in [0.5, 0.6) is 0 Å². The fourth-order valence-electron chi connectivity index (χ4n) is 2.76. The molecule has 2 nitrogen and oxygen atoms in total. The molecule has 0 amide bonds. The van der Waals surface area contributed by atoms with Gasteiger partial charge < -0.3 is 0 Å². The van der Waals surface area contributed by atoms with Crippen LogP contribution in [-0.2, 0) is 12.8 Å². The molecule has 0 fully saturated rings. The van der Waals surface area contributed by atoms with Gasteiger partial charge in [-0.1, -0.05) is 6.92 Å². The van der Waals surface area contributed by atoms with Crippen molar-refractivity contribution in [3.8, 4) is 0 Å². The summed E-state index contributed by atoms with van der Waals surface area (Å²) in [6.45, 7) is 5.88. The molecule has 1 unspecified atom stereocenters. The third kappa shape index (κ3) is 2.60. The molecule has 1 atom stereocenters. The van der Waals surface area contributed by atoms with Gasteiger partial charge in [-0.25, -0.2) is 0 Å². The van der Waals surface area contributed by atoms with Gasteiger partial charge in [-0.05, 0) is 48.9 Å². The fraction of sp³-hybridized carbons (Fsp3) is 0.438. The van der Waals surface area contributed by atoms with Crippen LogP contribution in [0.1, 0.15) is 44.9 Å². The van der Waals surface area contributed by atoms with Crippen LogP contribution in [-0.4, -0.2) is 23.8 Å². The number of carbonyl (C=O) groups is 1. The highest BCUT2D eigenvalue weighted by Crippen LogP contribution is 2.33. The molecule has 20 heavy (non-hydrogen) atoms. The van der Waals surface area contributed by atoms with E-state index < -0.39 is 0 Å². The highest BCUT2D eigenvalue weighted by Gasteiger charge is 2.26. The highest BCUT2D eigenvalue weighted by atomic mass is 32.1. The standard InChI is InChI=1S/C16H19NOS2/c1-3-12-4-5-16(20-12)14(18)10-17-8-6-15-13(11(17)2)7-9-19-15/h4-5,7,9,11H,3,6,8,10H2,1-2H3. The molecule has 0 aromatic carbocycles. The van der Waals surface area contributed by atoms with E-state index in [1.165, 1.54) is 15.3 Å². The lowest BCUT2D eigenvalue weighted by Gasteiger charge is -2.32. The summed E-state index contributed by atoms with van der Waals surface area (Å²) in [4.78, 5) is 18.4. The van der Waals surface area contributed by atoms with Gasteiger partial charge in [-0.15, -0.1) is 22.7 Å². The first kappa shape index (κ1) is 14.0. The van der Waals surface area contributed by atoms with Crippen LogP contribution < -0.4 is 0 Å². The number of hydrogen-bond donors (Lipinski definition) is 0. The minimum absolute atomic E-state index is 0.264. The second-order valence-corrected chi connectivity index (χ2v) is 7.41. The molecule has 0 spiro atoms. The van der Waals surface area contributed by atoms with Crippen molar-refractivity contribution in [3.63, 3.8) is 0 Å². The third-order valence-electron chi connectivity index (χ3n) is 4.04. The van der Waals surface area contributed by atoms with Gasteiger partial charge in [0.25, 0.3) is 0 Å². The zero-order valence-corrected chi connectivity index (χ0v) is 13.5. The first-order chi connectivity index (χ1) is 9.69. The van der Waals surface area contributed by atoms with Gasteiger partial charge in [-0.2, -0.15) is 0 Å². The van der Waals surface area contributed by atoms with Gasteiger partial charge in [-0.3, -0.25) is 9.69 Å². The maximum Gasteiger partial charge on any atom is 0.186 e. The number of aryl methyl sites for hydroxylation is 1. The van der Waals surface area contributed by atoms with E-state index in [9.17, 15) is 4.79 Å². The van der Waals surface area contributed by atoms with E-state index >= 15 is 0 Å². The fourth-order valence-corrected chi connectivity index (χ4v) is 4.60. The Morgan fingerprint density at radius 1 is 1.40 bits per heavy atom. The first-order valence-corrected chi connectivity index (χ1v) is 8.81. The molecule has 0 aliphatic carbocycles. The van der Waals surface area contributed by atoms with Gasteiger partial charge in [0.2, 0.25) is 0 Å². The molecule has 0 N–H and O–H groups in total. The average molecular weight is 305 g/mol. The van der Waals surface area contributed by atoms with Crippen LogP contribution in [0.4, 0.5) is 0 Å². The Hall–Kier alpha value is -0.970. The van der Waals surface area contributed by atoms with Crippen molar-refractivity contribution in [2.45, 2.75) is 32.7 Å². The predicted molar refractivity (Wildman–Crippen MR) is 86.0 cm³/mol. The van der Waals surface area contributed by atoms with Crippen molar-refractivity contribution >= 4 is 28.5 Å². The molecule has 1 aliphatic heterocycles. The summed E-state index contributed by atoms with van der Waals surface area (Å²) in [5.41, 5.74) is 1.41. The normalized spacial score (nSPS) is 19.0. The number of carbonyl (C=O) groups excluding carboxylic acids is 1. The van der Waals surface area contributed by atoms with Crippen molar-refractivity contribution in [1.82, 2.24) is 4.90 Å². The van der Waals surface area contributed by atoms with Gasteiger partial charge in [0.1, 0.15) is 0 Å². The highest BCUT2D eigenvalue weighted by molar-refractivity contribution is 7.14. The molecule has 3 rings (SSSR count). The minimum Gasteiger partial charge on any atom is -0.292 e. The lowest BCUT2D eigenvalue weighted by Crippen LogP contribution is -2.36. The zero-order chi connectivity index (χ0) is 14.1. The quantitative estimate of drug-likeness (QED) is 0.790. The topological polar surface area (TPSA) is 20.3 Å². The maximum atomic E-state index is 12.4. The number of ketones is 1. The summed E-state index contributed by atoms with van der Waals surface area (Å²) in [6.07, 6.45) is 2.09. The van der Waals surface area contributed by atoms with Crippen molar-refractivity contribution < 1.29 is 4.79 Å². The van der Waals surface area contributed by atoms with E-state index in [4.69, 9.17) is 0 Å². The molecule has 3 heterocycles. The van der Waals surface area contributed by atoms with E-state index in [0.717, 1.165) is 24.3 Å². The number of fused-ring (bicyclic) bond motifs is 1. The monoisotopic (exact) mass is 305 g/mol. The third-order valence-corrected chi connectivity index (χ3v) is 6.30. The molecule has 2 aromatic rings. The SMILES string of the molecule is CCc1ccc(C(=O)CN2CCc3sccc3C2C)s1. The summed E-state index contributed by atoms with van der Waals surface area (Å²) < 4.78 is 0. The molecular weight excluding hydrogens is 286 g/mol. The molecule has 0 saturated carbocycles. The lowest BCUT2D eigenvalue weighted by molar-refractivity contribution is 0.0895. The number of thiophene rings is 2. The van der Waals surface area contributed by atoms with Crippen LogP contribution >= 0.6 is 22.7 Å². The number of hydrogen-bond acceptors (Lipinski definition) is 4. The largest absolute Gasteiger partial charge is 0.292 e. The van der Waals surface area contributed by atoms with Crippen molar-refractivity contribution in [2.24, 2.45) is 0 Å². The van der Waals surface area contributed by atoms with Gasteiger partial charge in [0, 0.05) is 22.3 Å². The number of rotatable bonds is 4.